The number of amides is 2. The smallest absolute Gasteiger partial charge is 0.453 e. The Hall–Kier alpha value is -4.68. The third-order valence-electron chi connectivity index (χ3n) is 10.4. The molecule has 14 nitrogen and oxygen atoms in total. The van der Waals surface area contributed by atoms with Crippen LogP contribution in [0, 0.1) is 24.7 Å². The summed E-state index contributed by atoms with van der Waals surface area (Å²) in [4.78, 5) is 56.7. The SMILES string of the molecule is CCc1c(N2CCN(C(=O)c3ncnc(C)c3O)CC2)c(=O)n2nc(C3=CCOCC3)nc2n1CC(=O)NC1C[C@H](C(F)(F)C(F)(F)F)C2CC12. The molecule has 3 fully saturated rings. The topological polar surface area (TPSA) is 160 Å². The summed E-state index contributed by atoms with van der Waals surface area (Å²) in [5, 5.41) is 17.6. The van der Waals surface area contributed by atoms with Gasteiger partial charge in [-0.2, -0.15) is 31.5 Å². The van der Waals surface area contributed by atoms with Crippen LogP contribution in [0.25, 0.3) is 11.4 Å². The zero-order valence-electron chi connectivity index (χ0n) is 27.8. The maximum absolute atomic E-state index is 14.3. The summed E-state index contributed by atoms with van der Waals surface area (Å²) < 4.78 is 76.2. The van der Waals surface area contributed by atoms with E-state index in [1.54, 1.807) is 24.8 Å². The van der Waals surface area contributed by atoms with Gasteiger partial charge in [-0.1, -0.05) is 13.0 Å². The molecule has 3 aromatic rings. The number of nitrogens with one attached hydrogen (secondary N) is 1. The lowest BCUT2D eigenvalue weighted by atomic mass is 9.94. The highest BCUT2D eigenvalue weighted by atomic mass is 19.4. The van der Waals surface area contributed by atoms with Gasteiger partial charge in [-0.05, 0) is 50.0 Å². The molecule has 5 heterocycles. The van der Waals surface area contributed by atoms with Gasteiger partial charge in [0.2, 0.25) is 11.7 Å². The van der Waals surface area contributed by atoms with Gasteiger partial charge < -0.3 is 29.5 Å². The number of carbonyl (C=O) groups excluding carboxylic acids is 2. The molecule has 51 heavy (non-hydrogen) atoms. The van der Waals surface area contributed by atoms with Gasteiger partial charge >= 0.3 is 12.1 Å². The summed E-state index contributed by atoms with van der Waals surface area (Å²) in [7, 11) is 0. The standard InChI is InChI=1S/C32H36F5N9O5/c1-3-22-25(43-6-8-44(9-7-43)28(49)24-26(48)16(2)38-15-39-24)29(50)46-30(41-27(42-46)17-4-10-51-11-5-17)45(22)14-23(47)40-21-13-20(18-12-19(18)21)31(33,34)32(35,36)37/h4,15,18-21,48H,3,5-14H2,1-2H3,(H,40,47)/t18?,19?,20-,21?/m0/s1. The van der Waals surface area contributed by atoms with E-state index in [-0.39, 0.29) is 73.4 Å². The molecule has 2 N–H and O–H groups in total. The van der Waals surface area contributed by atoms with Gasteiger partial charge in [0.15, 0.2) is 17.3 Å². The van der Waals surface area contributed by atoms with Crippen LogP contribution in [0.3, 0.4) is 0 Å². The van der Waals surface area contributed by atoms with Crippen molar-refractivity contribution in [2.45, 2.75) is 64.2 Å². The minimum absolute atomic E-state index is 0.0683. The van der Waals surface area contributed by atoms with Crippen molar-refractivity contribution in [3.05, 3.63) is 45.7 Å². The number of aromatic hydroxyl groups is 1. The Kier molecular flexibility index (Phi) is 8.74. The summed E-state index contributed by atoms with van der Waals surface area (Å²) in [6, 6.07) is -0.856. The lowest BCUT2D eigenvalue weighted by Crippen LogP contribution is -2.51. The Morgan fingerprint density at radius 2 is 1.82 bits per heavy atom. The van der Waals surface area contributed by atoms with Crippen molar-refractivity contribution in [2.24, 2.45) is 17.8 Å². The van der Waals surface area contributed by atoms with E-state index in [0.29, 0.717) is 25.3 Å². The van der Waals surface area contributed by atoms with Crippen molar-refractivity contribution in [3.63, 3.8) is 0 Å². The highest BCUT2D eigenvalue weighted by molar-refractivity contribution is 5.95. The Bertz CT molecular complexity index is 1970. The summed E-state index contributed by atoms with van der Waals surface area (Å²) in [6.07, 6.45) is -2.27. The molecule has 0 spiro atoms. The van der Waals surface area contributed by atoms with E-state index < -0.39 is 66.2 Å². The number of anilines is 1. The van der Waals surface area contributed by atoms with E-state index in [4.69, 9.17) is 4.74 Å². The fourth-order valence-electron chi connectivity index (χ4n) is 7.68. The Labute approximate surface area is 287 Å². The predicted molar refractivity (Wildman–Crippen MR) is 169 cm³/mol. The number of halogens is 5. The maximum Gasteiger partial charge on any atom is 0.453 e. The molecule has 2 aliphatic carbocycles. The van der Waals surface area contributed by atoms with Crippen LogP contribution in [0.4, 0.5) is 27.6 Å². The van der Waals surface area contributed by atoms with Gasteiger partial charge in [-0.15, -0.1) is 5.10 Å². The van der Waals surface area contributed by atoms with Gasteiger partial charge in [-0.3, -0.25) is 14.4 Å². The number of aryl methyl sites for hydroxylation is 1. The minimum Gasteiger partial charge on any atom is -0.504 e. The Morgan fingerprint density at radius 3 is 2.49 bits per heavy atom. The van der Waals surface area contributed by atoms with E-state index in [2.05, 4.69) is 25.4 Å². The molecule has 19 heteroatoms. The lowest BCUT2D eigenvalue weighted by Gasteiger charge is -2.36. The van der Waals surface area contributed by atoms with E-state index in [9.17, 15) is 41.4 Å². The molecule has 0 radical (unpaired) electrons. The van der Waals surface area contributed by atoms with E-state index in [1.807, 2.05) is 0 Å². The van der Waals surface area contributed by atoms with E-state index >= 15 is 0 Å². The zero-order chi connectivity index (χ0) is 36.4. The summed E-state index contributed by atoms with van der Waals surface area (Å²) in [5.74, 6) is -9.18. The third-order valence-corrected chi connectivity index (χ3v) is 10.4. The molecule has 274 valence electrons. The number of aromatic nitrogens is 6. The number of nitrogens with zero attached hydrogens (tertiary/aromatic N) is 8. The van der Waals surface area contributed by atoms with Crippen molar-refractivity contribution in [3.8, 4) is 5.75 Å². The van der Waals surface area contributed by atoms with Gasteiger partial charge in [0.1, 0.15) is 18.6 Å². The monoisotopic (exact) mass is 721 g/mol. The number of hydrogen-bond donors (Lipinski definition) is 2. The predicted octanol–water partition coefficient (Wildman–Crippen LogP) is 2.36. The first-order valence-corrected chi connectivity index (χ1v) is 16.8. The van der Waals surface area contributed by atoms with Crippen molar-refractivity contribution in [1.82, 2.24) is 39.3 Å². The van der Waals surface area contributed by atoms with Crippen LogP contribution < -0.4 is 15.8 Å². The molecule has 2 aliphatic heterocycles. The third kappa shape index (κ3) is 6.08. The second kappa shape index (κ2) is 12.8. The first-order valence-electron chi connectivity index (χ1n) is 16.8. The van der Waals surface area contributed by atoms with Crippen LogP contribution in [0.1, 0.15) is 53.9 Å². The molecular formula is C32H36F5N9O5. The number of fused-ring (bicyclic) bond motifs is 2. The molecular weight excluding hydrogens is 685 g/mol. The quantitative estimate of drug-likeness (QED) is 0.331. The average molecular weight is 722 g/mol. The first kappa shape index (κ1) is 34.8. The highest BCUT2D eigenvalue weighted by Crippen LogP contribution is 2.62. The summed E-state index contributed by atoms with van der Waals surface area (Å²) >= 11 is 0. The number of carbonyl (C=O) groups is 2. The van der Waals surface area contributed by atoms with Crippen LogP contribution in [-0.4, -0.2) is 108 Å². The zero-order valence-corrected chi connectivity index (χ0v) is 27.8. The molecule has 1 saturated heterocycles. The Morgan fingerprint density at radius 1 is 1.08 bits per heavy atom. The highest BCUT2D eigenvalue weighted by Gasteiger charge is 2.71. The number of alkyl halides is 5. The van der Waals surface area contributed by atoms with E-state index in [1.165, 1.54) is 15.8 Å². The van der Waals surface area contributed by atoms with Crippen LogP contribution in [-0.2, 0) is 22.5 Å². The largest absolute Gasteiger partial charge is 0.504 e. The molecule has 0 aromatic carbocycles. The van der Waals surface area contributed by atoms with Crippen LogP contribution in [0.5, 0.6) is 5.75 Å². The van der Waals surface area contributed by atoms with E-state index in [0.717, 1.165) is 10.1 Å². The first-order chi connectivity index (χ1) is 24.2. The van der Waals surface area contributed by atoms with Crippen molar-refractivity contribution in [1.29, 1.82) is 0 Å². The van der Waals surface area contributed by atoms with Gasteiger partial charge in [0.05, 0.1) is 24.6 Å². The molecule has 2 saturated carbocycles. The maximum atomic E-state index is 14.3. The molecule has 3 aromatic heterocycles. The lowest BCUT2D eigenvalue weighted by molar-refractivity contribution is -0.304. The molecule has 2 amide bonds. The molecule has 0 bridgehead atoms. The minimum atomic E-state index is -5.68. The Balaban J connectivity index is 1.18. The molecule has 3 unspecified atom stereocenters. The second-order valence-electron chi connectivity index (χ2n) is 13.4. The van der Waals surface area contributed by atoms with Crippen molar-refractivity contribution < 1.29 is 41.4 Å². The fourth-order valence-corrected chi connectivity index (χ4v) is 7.68. The molecule has 4 atom stereocenters. The summed E-state index contributed by atoms with van der Waals surface area (Å²) in [5.41, 5.74) is 1.04. The normalized spacial score (nSPS) is 23.7. The van der Waals surface area contributed by atoms with Crippen molar-refractivity contribution in [2.75, 3.05) is 44.3 Å². The average Bonchev–Trinajstić information content (AvgIpc) is 3.62. The van der Waals surface area contributed by atoms with Crippen LogP contribution in [0.2, 0.25) is 0 Å². The van der Waals surface area contributed by atoms with Crippen LogP contribution >= 0.6 is 0 Å². The number of ether oxygens (including phenoxy) is 1. The van der Waals surface area contributed by atoms with Gasteiger partial charge in [0.25, 0.3) is 11.5 Å². The summed E-state index contributed by atoms with van der Waals surface area (Å²) in [6.45, 7) is 4.45. The van der Waals surface area contributed by atoms with Crippen LogP contribution in [0.15, 0.2) is 17.2 Å². The number of rotatable bonds is 8. The fraction of sp³-hybridized carbons (Fsp3) is 0.594. The van der Waals surface area contributed by atoms with Crippen molar-refractivity contribution >= 4 is 28.9 Å². The second-order valence-corrected chi connectivity index (χ2v) is 13.4. The number of hydrogen-bond acceptors (Lipinski definition) is 10. The molecule has 4 aliphatic rings. The molecule has 7 rings (SSSR count). The number of piperazine rings is 1. The van der Waals surface area contributed by atoms with Gasteiger partial charge in [0, 0.05) is 38.1 Å². The van der Waals surface area contributed by atoms with Gasteiger partial charge in [-0.25, -0.2) is 9.97 Å².